The molecule has 5 nitrogen and oxygen atoms in total. The molecule has 0 aliphatic rings. The van der Waals surface area contributed by atoms with Crippen molar-refractivity contribution in [3.05, 3.63) is 92.4 Å². The van der Waals surface area contributed by atoms with Gasteiger partial charge in [0.15, 0.2) is 11.5 Å². The van der Waals surface area contributed by atoms with Gasteiger partial charge >= 0.3 is 6.18 Å². The summed E-state index contributed by atoms with van der Waals surface area (Å²) in [7, 11) is 1.47. The zero-order valence-corrected chi connectivity index (χ0v) is 19.5. The number of nitrogens with one attached hydrogen (secondary N) is 1. The van der Waals surface area contributed by atoms with Gasteiger partial charge in [0, 0.05) is 16.1 Å². The fourth-order valence-electron chi connectivity index (χ4n) is 2.79. The quantitative estimate of drug-likeness (QED) is 0.275. The van der Waals surface area contributed by atoms with Gasteiger partial charge in [-0.3, -0.25) is 4.79 Å². The molecule has 0 saturated heterocycles. The van der Waals surface area contributed by atoms with Crippen molar-refractivity contribution in [2.75, 3.05) is 7.11 Å². The van der Waals surface area contributed by atoms with Gasteiger partial charge in [-0.25, -0.2) is 5.43 Å². The van der Waals surface area contributed by atoms with Crippen LogP contribution in [0.5, 0.6) is 11.5 Å². The molecule has 1 amide bonds. The molecule has 33 heavy (non-hydrogen) atoms. The number of rotatable bonds is 7. The van der Waals surface area contributed by atoms with E-state index >= 15 is 0 Å². The monoisotopic (exact) mass is 540 g/mol. The Bertz CT molecular complexity index is 1190. The van der Waals surface area contributed by atoms with Gasteiger partial charge in [0.25, 0.3) is 5.91 Å². The lowest BCUT2D eigenvalue weighted by Crippen LogP contribution is -2.18. The second kappa shape index (κ2) is 10.7. The smallest absolute Gasteiger partial charge is 0.416 e. The van der Waals surface area contributed by atoms with Crippen LogP contribution in [0.25, 0.3) is 0 Å². The van der Waals surface area contributed by atoms with E-state index in [1.165, 1.54) is 19.4 Å². The Morgan fingerprint density at radius 2 is 1.91 bits per heavy atom. The standard InChI is InChI=1S/C23H17BrClF3N2O3/c1-32-20-10-14(9-18(24)21(20)33-13-16-5-2-3-8-19(16)25)12-29-30-22(31)15-6-4-7-17(11-15)23(26,27)28/h2-12H,13H2,1H3,(H,30,31)/b29-12+. The number of ether oxygens (including phenoxy) is 2. The van der Waals surface area contributed by atoms with Gasteiger partial charge in [0.1, 0.15) is 6.61 Å². The predicted octanol–water partition coefficient (Wildman–Crippen LogP) is 6.47. The van der Waals surface area contributed by atoms with E-state index in [1.807, 2.05) is 18.2 Å². The molecule has 0 heterocycles. The molecule has 3 aromatic rings. The van der Waals surface area contributed by atoms with Crippen LogP contribution in [0.1, 0.15) is 27.0 Å². The number of amides is 1. The second-order valence-corrected chi connectivity index (χ2v) is 7.95. The maximum Gasteiger partial charge on any atom is 0.416 e. The highest BCUT2D eigenvalue weighted by Crippen LogP contribution is 2.37. The number of methoxy groups -OCH3 is 1. The van der Waals surface area contributed by atoms with E-state index in [1.54, 1.807) is 18.2 Å². The van der Waals surface area contributed by atoms with Crippen molar-refractivity contribution >= 4 is 39.7 Å². The van der Waals surface area contributed by atoms with Crippen molar-refractivity contribution < 1.29 is 27.4 Å². The fraction of sp³-hybridized carbons (Fsp3) is 0.130. The number of nitrogens with zero attached hydrogens (tertiary/aromatic N) is 1. The number of alkyl halides is 3. The maximum absolute atomic E-state index is 12.8. The lowest BCUT2D eigenvalue weighted by Gasteiger charge is -2.14. The molecule has 1 N–H and O–H groups in total. The van der Waals surface area contributed by atoms with E-state index in [4.69, 9.17) is 21.1 Å². The lowest BCUT2D eigenvalue weighted by molar-refractivity contribution is -0.137. The van der Waals surface area contributed by atoms with Gasteiger partial charge in [-0.15, -0.1) is 0 Å². The molecule has 3 aromatic carbocycles. The molecule has 0 fully saturated rings. The Morgan fingerprint density at radius 1 is 1.15 bits per heavy atom. The van der Waals surface area contributed by atoms with Crippen LogP contribution < -0.4 is 14.9 Å². The summed E-state index contributed by atoms with van der Waals surface area (Å²) in [5.41, 5.74) is 2.48. The summed E-state index contributed by atoms with van der Waals surface area (Å²) < 4.78 is 50.3. The highest BCUT2D eigenvalue weighted by Gasteiger charge is 2.30. The van der Waals surface area contributed by atoms with Crippen LogP contribution in [0.2, 0.25) is 5.02 Å². The molecule has 0 spiro atoms. The highest BCUT2D eigenvalue weighted by atomic mass is 79.9. The molecule has 0 bridgehead atoms. The zero-order valence-electron chi connectivity index (χ0n) is 17.1. The van der Waals surface area contributed by atoms with Crippen molar-refractivity contribution in [2.24, 2.45) is 5.10 Å². The topological polar surface area (TPSA) is 59.9 Å². The molecule has 0 radical (unpaired) electrons. The summed E-state index contributed by atoms with van der Waals surface area (Å²) in [5, 5.41) is 4.40. The van der Waals surface area contributed by atoms with Crippen LogP contribution in [0.4, 0.5) is 13.2 Å². The summed E-state index contributed by atoms with van der Waals surface area (Å²) >= 11 is 9.58. The first-order valence-electron chi connectivity index (χ1n) is 9.43. The first kappa shape index (κ1) is 24.6. The molecular weight excluding hydrogens is 525 g/mol. The second-order valence-electron chi connectivity index (χ2n) is 6.69. The van der Waals surface area contributed by atoms with E-state index in [0.717, 1.165) is 23.8 Å². The number of hydrogen-bond acceptors (Lipinski definition) is 4. The minimum absolute atomic E-state index is 0.163. The fourth-order valence-corrected chi connectivity index (χ4v) is 3.55. The number of carbonyl (C=O) groups is 1. The lowest BCUT2D eigenvalue weighted by atomic mass is 10.1. The van der Waals surface area contributed by atoms with Crippen LogP contribution in [0.15, 0.2) is 70.2 Å². The average Bonchev–Trinajstić information content (AvgIpc) is 2.78. The highest BCUT2D eigenvalue weighted by molar-refractivity contribution is 9.10. The van der Waals surface area contributed by atoms with E-state index in [-0.39, 0.29) is 12.2 Å². The molecule has 0 unspecified atom stereocenters. The minimum atomic E-state index is -4.54. The molecular formula is C23H17BrClF3N2O3. The van der Waals surface area contributed by atoms with E-state index in [2.05, 4.69) is 26.5 Å². The van der Waals surface area contributed by atoms with Crippen LogP contribution >= 0.6 is 27.5 Å². The van der Waals surface area contributed by atoms with Gasteiger partial charge in [0.05, 0.1) is 23.4 Å². The van der Waals surface area contributed by atoms with Gasteiger partial charge in [-0.2, -0.15) is 18.3 Å². The van der Waals surface area contributed by atoms with Gasteiger partial charge < -0.3 is 9.47 Å². The summed E-state index contributed by atoms with van der Waals surface area (Å²) in [6.07, 6.45) is -3.21. The number of hydrazone groups is 1. The first-order chi connectivity index (χ1) is 15.7. The minimum Gasteiger partial charge on any atom is -0.493 e. The summed E-state index contributed by atoms with van der Waals surface area (Å²) in [6, 6.07) is 14.7. The van der Waals surface area contributed by atoms with Crippen molar-refractivity contribution in [2.45, 2.75) is 12.8 Å². The number of benzene rings is 3. The Morgan fingerprint density at radius 3 is 2.61 bits per heavy atom. The average molecular weight is 542 g/mol. The Kier molecular flexibility index (Phi) is 7.99. The largest absolute Gasteiger partial charge is 0.493 e. The Balaban J connectivity index is 1.70. The third-order valence-electron chi connectivity index (χ3n) is 4.41. The van der Waals surface area contributed by atoms with E-state index in [0.29, 0.717) is 26.6 Å². The zero-order chi connectivity index (χ0) is 24.0. The van der Waals surface area contributed by atoms with Crippen LogP contribution in [-0.4, -0.2) is 19.2 Å². The van der Waals surface area contributed by atoms with Crippen molar-refractivity contribution in [3.63, 3.8) is 0 Å². The molecule has 0 atom stereocenters. The third-order valence-corrected chi connectivity index (χ3v) is 5.37. The van der Waals surface area contributed by atoms with Crippen molar-refractivity contribution in [1.29, 1.82) is 0 Å². The van der Waals surface area contributed by atoms with Crippen molar-refractivity contribution in [1.82, 2.24) is 5.43 Å². The summed E-state index contributed by atoms with van der Waals surface area (Å²) in [5.74, 6) is 0.0766. The Labute approximate surface area is 201 Å². The van der Waals surface area contributed by atoms with Gasteiger partial charge in [0.2, 0.25) is 0 Å². The van der Waals surface area contributed by atoms with E-state index in [9.17, 15) is 18.0 Å². The van der Waals surface area contributed by atoms with E-state index < -0.39 is 17.6 Å². The molecule has 3 rings (SSSR count). The summed E-state index contributed by atoms with van der Waals surface area (Å²) in [6.45, 7) is 0.217. The normalized spacial score (nSPS) is 11.5. The number of carbonyl (C=O) groups excluding carboxylic acids is 1. The van der Waals surface area contributed by atoms with Crippen LogP contribution in [0, 0.1) is 0 Å². The van der Waals surface area contributed by atoms with Gasteiger partial charge in [-0.05, 0) is 57.9 Å². The molecule has 0 aliphatic heterocycles. The first-order valence-corrected chi connectivity index (χ1v) is 10.6. The van der Waals surface area contributed by atoms with Crippen LogP contribution in [0.3, 0.4) is 0 Å². The predicted molar refractivity (Wildman–Crippen MR) is 123 cm³/mol. The Hall–Kier alpha value is -3.04. The SMILES string of the molecule is COc1cc(/C=N/NC(=O)c2cccc(C(F)(F)F)c2)cc(Br)c1OCc1ccccc1Cl. The van der Waals surface area contributed by atoms with Crippen LogP contribution in [-0.2, 0) is 12.8 Å². The number of hydrogen-bond donors (Lipinski definition) is 1. The van der Waals surface area contributed by atoms with Crippen molar-refractivity contribution in [3.8, 4) is 11.5 Å². The van der Waals surface area contributed by atoms with Gasteiger partial charge in [-0.1, -0.05) is 35.9 Å². The molecule has 0 saturated carbocycles. The third kappa shape index (κ3) is 6.49. The maximum atomic E-state index is 12.8. The molecule has 172 valence electrons. The number of halogens is 5. The summed E-state index contributed by atoms with van der Waals surface area (Å²) in [4.78, 5) is 12.1. The molecule has 10 heteroatoms. The molecule has 0 aliphatic carbocycles. The molecule has 0 aromatic heterocycles.